The molecule has 0 unspecified atom stereocenters. The molecule has 2 saturated heterocycles. The molecule has 1 aliphatic carbocycles. The van der Waals surface area contributed by atoms with Crippen LogP contribution in [0.25, 0.3) is 0 Å². The fourth-order valence-corrected chi connectivity index (χ4v) is 5.08. The summed E-state index contributed by atoms with van der Waals surface area (Å²) in [5.41, 5.74) is 19.4. The number of nitrogens with zero attached hydrogens (tertiary/aromatic N) is 2. The Morgan fingerprint density at radius 1 is 0.727 bits per heavy atom. The van der Waals surface area contributed by atoms with Gasteiger partial charge in [-0.2, -0.15) is 25.3 Å². The summed E-state index contributed by atoms with van der Waals surface area (Å²) in [7, 11) is -12.6. The number of aliphatic hydroxyl groups is 7. The molecule has 55 heavy (non-hydrogen) atoms. The van der Waals surface area contributed by atoms with Gasteiger partial charge in [0.15, 0.2) is 36.4 Å². The molecule has 34 heteroatoms. The molecule has 0 spiro atoms. The molecule has 0 aromatic carbocycles. The lowest BCUT2D eigenvalue weighted by molar-refractivity contribution is -0.314. The highest BCUT2D eigenvalue weighted by atomic mass is 32.3. The van der Waals surface area contributed by atoms with E-state index in [1.807, 2.05) is 0 Å². The molecule has 0 aromatic rings. The molecule has 22 N–H and O–H groups in total. The number of hydrogen-bond acceptors (Lipinski definition) is 21. The molecular formula is C21H45N7O24S3. The summed E-state index contributed by atoms with van der Waals surface area (Å²) in [4.78, 5) is 19.7. The second-order valence-corrected chi connectivity index (χ2v) is 13.9. The SMILES string of the molecule is CN[C@@H]1[C@H](O[C@H]2[C@@H](O[C@H]3[C@H](O)[C@@H](O)[C@@H](N=C(N)N)[C@@H](O)[C@@H]3N=C(N)N)O[C@@H](C)[C@]2(O)C=O)O[C@@H](CO)[C@H](O)[C@H]1O.O=S(=O)(O)O.O=S(=O)(O)O.O=S(=O)(O)O. The first-order chi connectivity index (χ1) is 24.7. The zero-order valence-corrected chi connectivity index (χ0v) is 30.5. The van der Waals surface area contributed by atoms with Gasteiger partial charge < -0.3 is 82.9 Å². The Morgan fingerprint density at radius 2 is 1.16 bits per heavy atom. The molecule has 31 nitrogen and oxygen atoms in total. The number of nitrogens with one attached hydrogen (secondary N) is 1. The van der Waals surface area contributed by atoms with Gasteiger partial charge in [0.2, 0.25) is 0 Å². The molecule has 15 atom stereocenters. The maximum atomic E-state index is 12.1. The van der Waals surface area contributed by atoms with E-state index in [9.17, 15) is 40.5 Å². The van der Waals surface area contributed by atoms with Crippen LogP contribution in [0.2, 0.25) is 0 Å². The van der Waals surface area contributed by atoms with E-state index in [1.54, 1.807) is 0 Å². The number of rotatable bonds is 9. The maximum Gasteiger partial charge on any atom is 0.394 e. The lowest BCUT2D eigenvalue weighted by atomic mass is 9.81. The number of carbonyl (C=O) groups is 1. The van der Waals surface area contributed by atoms with Crippen LogP contribution in [0.3, 0.4) is 0 Å². The number of hydrogen-bond donors (Lipinski definition) is 18. The summed E-state index contributed by atoms with van der Waals surface area (Å²) in [6, 6.07) is -4.08. The van der Waals surface area contributed by atoms with Gasteiger partial charge in [0.05, 0.1) is 18.8 Å². The van der Waals surface area contributed by atoms with E-state index < -0.39 is 141 Å². The van der Waals surface area contributed by atoms with E-state index in [0.29, 0.717) is 0 Å². The molecule has 3 fully saturated rings. The molecule has 0 aromatic heterocycles. The highest BCUT2D eigenvalue weighted by Gasteiger charge is 2.60. The van der Waals surface area contributed by atoms with Crippen LogP contribution in [0.15, 0.2) is 9.98 Å². The van der Waals surface area contributed by atoms with Crippen molar-refractivity contribution in [2.75, 3.05) is 13.7 Å². The number of guanidine groups is 2. The molecule has 326 valence electrons. The minimum Gasteiger partial charge on any atom is -0.394 e. The quantitative estimate of drug-likeness (QED) is 0.0442. The molecule has 0 radical (unpaired) electrons. The van der Waals surface area contributed by atoms with Gasteiger partial charge in [-0.15, -0.1) is 0 Å². The number of likely N-dealkylation sites (N-methyl/N-ethyl adjacent to an activating group) is 1. The zero-order chi connectivity index (χ0) is 43.6. The molecule has 2 heterocycles. The van der Waals surface area contributed by atoms with Gasteiger partial charge in [0, 0.05) is 0 Å². The van der Waals surface area contributed by atoms with E-state index in [1.165, 1.54) is 14.0 Å². The molecule has 3 aliphatic rings. The van der Waals surface area contributed by atoms with E-state index in [0.717, 1.165) is 0 Å². The number of carbonyl (C=O) groups excluding carboxylic acids is 1. The maximum absolute atomic E-state index is 12.1. The first kappa shape index (κ1) is 52.3. The Balaban J connectivity index is 0.00000164. The molecule has 1 saturated carbocycles. The number of aliphatic hydroxyl groups excluding tert-OH is 6. The predicted molar refractivity (Wildman–Crippen MR) is 175 cm³/mol. The van der Waals surface area contributed by atoms with Crippen molar-refractivity contribution in [1.29, 1.82) is 0 Å². The monoisotopic (exact) mass is 875 g/mol. The van der Waals surface area contributed by atoms with Gasteiger partial charge in [-0.1, -0.05) is 0 Å². The normalized spacial score (nSPS) is 37.7. The number of aldehydes is 1. The van der Waals surface area contributed by atoms with Crippen molar-refractivity contribution in [3.63, 3.8) is 0 Å². The molecule has 2 aliphatic heterocycles. The third-order valence-electron chi connectivity index (χ3n) is 7.34. The molecule has 0 amide bonds. The summed E-state index contributed by atoms with van der Waals surface area (Å²) >= 11 is 0. The van der Waals surface area contributed by atoms with Crippen molar-refractivity contribution < 1.29 is 112 Å². The van der Waals surface area contributed by atoms with Gasteiger partial charge in [0.25, 0.3) is 0 Å². The average Bonchev–Trinajstić information content (AvgIpc) is 3.23. The van der Waals surface area contributed by atoms with Crippen LogP contribution in [0, 0.1) is 0 Å². The van der Waals surface area contributed by atoms with Crippen molar-refractivity contribution in [1.82, 2.24) is 5.32 Å². The summed E-state index contributed by atoms with van der Waals surface area (Å²) in [6.45, 7) is 0.620. The molecule has 0 bridgehead atoms. The number of aliphatic imine (C=N–C) groups is 2. The second-order valence-electron chi connectivity index (χ2n) is 11.2. The van der Waals surface area contributed by atoms with Crippen molar-refractivity contribution in [3.8, 4) is 0 Å². The van der Waals surface area contributed by atoms with Gasteiger partial charge in [0.1, 0.15) is 60.9 Å². The Kier molecular flexibility index (Phi) is 20.2. The predicted octanol–water partition coefficient (Wildman–Crippen LogP) is -10.1. The Morgan fingerprint density at radius 3 is 1.55 bits per heavy atom. The van der Waals surface area contributed by atoms with Crippen LogP contribution in [0.5, 0.6) is 0 Å². The summed E-state index contributed by atoms with van der Waals surface area (Å²) in [5.74, 6) is -1.03. The Bertz CT molecular complexity index is 1520. The van der Waals surface area contributed by atoms with Crippen LogP contribution in [0.1, 0.15) is 6.92 Å². The van der Waals surface area contributed by atoms with E-state index in [2.05, 4.69) is 15.3 Å². The summed E-state index contributed by atoms with van der Waals surface area (Å²) in [6.07, 6.45) is -17.3. The fraction of sp³-hybridized carbons (Fsp3) is 0.857. The van der Waals surface area contributed by atoms with Crippen LogP contribution >= 0.6 is 0 Å². The van der Waals surface area contributed by atoms with Crippen LogP contribution in [-0.4, -0.2) is 211 Å². The second kappa shape index (κ2) is 21.2. The van der Waals surface area contributed by atoms with Crippen LogP contribution in [-0.2, 0) is 54.9 Å². The minimum absolute atomic E-state index is 0.140. The Hall–Kier alpha value is -2.66. The summed E-state index contributed by atoms with van der Waals surface area (Å²) < 4.78 is 118. The van der Waals surface area contributed by atoms with E-state index >= 15 is 0 Å². The van der Waals surface area contributed by atoms with Gasteiger partial charge in [-0.3, -0.25) is 32.1 Å². The Labute approximate surface area is 311 Å². The molecule has 3 rings (SSSR count). The highest BCUT2D eigenvalue weighted by Crippen LogP contribution is 2.38. The number of nitrogens with two attached hydrogens (primary N) is 4. The smallest absolute Gasteiger partial charge is 0.394 e. The lowest BCUT2D eigenvalue weighted by Gasteiger charge is -2.45. The van der Waals surface area contributed by atoms with Gasteiger partial charge >= 0.3 is 31.2 Å². The minimum atomic E-state index is -4.67. The molecular weight excluding hydrogens is 830 g/mol. The first-order valence-corrected chi connectivity index (χ1v) is 18.7. The highest BCUT2D eigenvalue weighted by molar-refractivity contribution is 7.80. The average molecular weight is 876 g/mol. The third kappa shape index (κ3) is 17.6. The standard InChI is InChI=1S/C21H39N7O12.3H2O4S/c1-5-21(36,4-30)16(40-17-9(26-2)13(34)10(31)6(3-29)38-17)18(37-5)39-15-8(28-20(24)25)11(32)7(27-19(22)23)12(33)14(15)35;3*1-5(2,3)4/h4-18,26,29,31-36H,3H2,1-2H3,(H4,22,23,27)(H4,24,25,28);3*(H2,1,2,3,4)/t5-,6-,7-,8-,9-,10-,11+,12-,13-,14+,15+,16-,17-,18+,21+;;;/m0.../s1. The lowest BCUT2D eigenvalue weighted by Crippen LogP contribution is -2.66. The first-order valence-electron chi connectivity index (χ1n) is 14.5. The summed E-state index contributed by atoms with van der Waals surface area (Å²) in [5, 5.41) is 76.6. The van der Waals surface area contributed by atoms with Crippen molar-refractivity contribution in [3.05, 3.63) is 0 Å². The van der Waals surface area contributed by atoms with Gasteiger partial charge in [-0.05, 0) is 14.0 Å². The third-order valence-corrected chi connectivity index (χ3v) is 7.34. The topological polar surface area (TPSA) is 560 Å². The largest absolute Gasteiger partial charge is 0.394 e. The van der Waals surface area contributed by atoms with Gasteiger partial charge in [-0.25, -0.2) is 9.98 Å². The van der Waals surface area contributed by atoms with E-state index in [4.69, 9.17) is 94.5 Å². The fourth-order valence-electron chi connectivity index (χ4n) is 5.08. The zero-order valence-electron chi connectivity index (χ0n) is 28.1. The van der Waals surface area contributed by atoms with Crippen molar-refractivity contribution >= 4 is 49.4 Å². The van der Waals surface area contributed by atoms with Crippen molar-refractivity contribution in [2.24, 2.45) is 32.9 Å². The van der Waals surface area contributed by atoms with Crippen LogP contribution < -0.4 is 28.3 Å². The van der Waals surface area contributed by atoms with Crippen LogP contribution in [0.4, 0.5) is 0 Å². The van der Waals surface area contributed by atoms with E-state index in [-0.39, 0.29) is 6.29 Å². The van der Waals surface area contributed by atoms with Crippen molar-refractivity contribution in [2.45, 2.75) is 98.2 Å². The number of ether oxygens (including phenoxy) is 4.